The van der Waals surface area contributed by atoms with Crippen LogP contribution in [0.2, 0.25) is 0 Å². The van der Waals surface area contributed by atoms with Crippen molar-refractivity contribution in [2.45, 2.75) is 40.0 Å². The molecule has 0 aliphatic heterocycles. The van der Waals surface area contributed by atoms with Crippen molar-refractivity contribution in [2.24, 2.45) is 0 Å². The van der Waals surface area contributed by atoms with Gasteiger partial charge in [0.05, 0.1) is 13.2 Å². The summed E-state index contributed by atoms with van der Waals surface area (Å²) in [4.78, 5) is 50.5. The van der Waals surface area contributed by atoms with Crippen LogP contribution < -0.4 is 21.8 Å². The molecule has 3 heterocycles. The van der Waals surface area contributed by atoms with Gasteiger partial charge in [-0.05, 0) is 50.2 Å². The Balaban J connectivity index is 1.58. The zero-order valence-corrected chi connectivity index (χ0v) is 20.4. The maximum atomic E-state index is 12.6. The summed E-state index contributed by atoms with van der Waals surface area (Å²) in [5.41, 5.74) is 0.164. The van der Waals surface area contributed by atoms with Gasteiger partial charge < -0.3 is 29.2 Å². The van der Waals surface area contributed by atoms with Gasteiger partial charge in [-0.25, -0.2) is 0 Å². The second-order valence-electron chi connectivity index (χ2n) is 7.40. The van der Waals surface area contributed by atoms with Crippen molar-refractivity contribution < 1.29 is 19.1 Å². The topological polar surface area (TPSA) is 121 Å². The van der Waals surface area contributed by atoms with Gasteiger partial charge in [-0.3, -0.25) is 19.2 Å². The lowest BCUT2D eigenvalue weighted by Gasteiger charge is -2.09. The maximum absolute atomic E-state index is 12.6. The quantitative estimate of drug-likeness (QED) is 0.364. The van der Waals surface area contributed by atoms with E-state index in [9.17, 15) is 19.2 Å². The predicted octanol–water partition coefficient (Wildman–Crippen LogP) is 2.42. The van der Waals surface area contributed by atoms with E-state index in [0.717, 1.165) is 9.75 Å². The van der Waals surface area contributed by atoms with Gasteiger partial charge in [0.2, 0.25) is 0 Å². The van der Waals surface area contributed by atoms with E-state index in [1.165, 1.54) is 20.5 Å². The fourth-order valence-electron chi connectivity index (χ4n) is 3.26. The van der Waals surface area contributed by atoms with Crippen molar-refractivity contribution in [2.75, 3.05) is 23.8 Å². The fraction of sp³-hybridized carbons (Fsp3) is 0.333. The Morgan fingerprint density at radius 1 is 0.771 bits per heavy atom. The largest absolute Gasteiger partial charge is 0.465 e. The van der Waals surface area contributed by atoms with Gasteiger partial charge in [-0.2, -0.15) is 0 Å². The van der Waals surface area contributed by atoms with E-state index >= 15 is 0 Å². The summed E-state index contributed by atoms with van der Waals surface area (Å²) in [6.45, 7) is 4.53. The van der Waals surface area contributed by atoms with Crippen molar-refractivity contribution in [3.05, 3.63) is 79.3 Å². The lowest BCUT2D eigenvalue weighted by atomic mass is 10.3. The molecule has 0 saturated heterocycles. The van der Waals surface area contributed by atoms with E-state index in [1.54, 1.807) is 50.5 Å². The highest BCUT2D eigenvalue weighted by Crippen LogP contribution is 2.18. The van der Waals surface area contributed by atoms with Gasteiger partial charge >= 0.3 is 11.9 Å². The number of esters is 2. The number of pyridine rings is 2. The highest BCUT2D eigenvalue weighted by molar-refractivity contribution is 7.12. The van der Waals surface area contributed by atoms with Crippen LogP contribution in [0, 0.1) is 0 Å². The molecule has 0 aliphatic rings. The van der Waals surface area contributed by atoms with Crippen LogP contribution in [0.3, 0.4) is 0 Å². The molecule has 0 saturated carbocycles. The van der Waals surface area contributed by atoms with Crippen LogP contribution in [0.4, 0.5) is 11.4 Å². The summed E-state index contributed by atoms with van der Waals surface area (Å²) in [6.07, 6.45) is 3.09. The van der Waals surface area contributed by atoms with Crippen LogP contribution in [-0.4, -0.2) is 34.3 Å². The van der Waals surface area contributed by atoms with Crippen LogP contribution in [0.5, 0.6) is 0 Å². The Kier molecular flexibility index (Phi) is 9.24. The first-order chi connectivity index (χ1) is 16.9. The normalized spacial score (nSPS) is 10.6. The molecule has 3 aromatic heterocycles. The number of thiophene rings is 1. The first kappa shape index (κ1) is 25.8. The van der Waals surface area contributed by atoms with Gasteiger partial charge in [0.1, 0.15) is 24.5 Å². The third kappa shape index (κ3) is 7.31. The molecule has 0 atom stereocenters. The molecule has 0 aromatic carbocycles. The number of carbonyl (C=O) groups excluding carboxylic acids is 2. The first-order valence-corrected chi connectivity index (χ1v) is 12.0. The number of rotatable bonds is 12. The molecule has 0 radical (unpaired) electrons. The molecule has 3 rings (SSSR count). The molecule has 0 bridgehead atoms. The Bertz CT molecular complexity index is 1180. The highest BCUT2D eigenvalue weighted by atomic mass is 32.1. The van der Waals surface area contributed by atoms with Gasteiger partial charge in [0.15, 0.2) is 0 Å². The molecule has 0 unspecified atom stereocenters. The first-order valence-electron chi connectivity index (χ1n) is 11.2. The van der Waals surface area contributed by atoms with Crippen molar-refractivity contribution >= 4 is 34.7 Å². The zero-order valence-electron chi connectivity index (χ0n) is 19.6. The molecular weight excluding hydrogens is 472 g/mol. The average Bonchev–Trinajstić information content (AvgIpc) is 3.28. The molecule has 10 nitrogen and oxygen atoms in total. The van der Waals surface area contributed by atoms with Crippen LogP contribution in [0.25, 0.3) is 0 Å². The van der Waals surface area contributed by atoms with Crippen molar-refractivity contribution in [3.63, 3.8) is 0 Å². The smallest absolute Gasteiger partial charge is 0.326 e. The summed E-state index contributed by atoms with van der Waals surface area (Å²) in [5.74, 6) is -0.929. The fourth-order valence-corrected chi connectivity index (χ4v) is 4.16. The standard InChI is InChI=1S/C24H28N4O6S/c1-3-33-21(29)15-27-11-5-7-19(23(27)31)25-13-17-9-10-18(35-17)14-26-20-8-6-12-28(24(20)32)16-22(30)34-4-2/h5-12,25-26H,3-4,13-16H2,1-2H3. The van der Waals surface area contributed by atoms with Gasteiger partial charge in [0, 0.05) is 35.2 Å². The molecule has 2 N–H and O–H groups in total. The number of hydrogen-bond donors (Lipinski definition) is 2. The monoisotopic (exact) mass is 500 g/mol. The predicted molar refractivity (Wildman–Crippen MR) is 134 cm³/mol. The van der Waals surface area contributed by atoms with Gasteiger partial charge in [-0.1, -0.05) is 0 Å². The number of ether oxygens (including phenoxy) is 2. The summed E-state index contributed by atoms with van der Waals surface area (Å²) in [7, 11) is 0. The van der Waals surface area contributed by atoms with Crippen LogP contribution >= 0.6 is 11.3 Å². The zero-order chi connectivity index (χ0) is 25.2. The second-order valence-corrected chi connectivity index (χ2v) is 8.65. The number of nitrogens with one attached hydrogen (secondary N) is 2. The minimum Gasteiger partial charge on any atom is -0.465 e. The molecule has 0 fully saturated rings. The van der Waals surface area contributed by atoms with Crippen LogP contribution in [-0.2, 0) is 45.2 Å². The Hall–Kier alpha value is -3.86. The number of hydrogen-bond acceptors (Lipinski definition) is 9. The Morgan fingerprint density at radius 3 is 1.60 bits per heavy atom. The summed E-state index contributed by atoms with van der Waals surface area (Å²) in [5, 5.41) is 6.23. The van der Waals surface area contributed by atoms with Crippen molar-refractivity contribution in [1.29, 1.82) is 0 Å². The van der Waals surface area contributed by atoms with E-state index in [2.05, 4.69) is 10.6 Å². The van der Waals surface area contributed by atoms with E-state index in [0.29, 0.717) is 24.5 Å². The third-order valence-electron chi connectivity index (χ3n) is 4.87. The van der Waals surface area contributed by atoms with E-state index in [1.807, 2.05) is 12.1 Å². The summed E-state index contributed by atoms with van der Waals surface area (Å²) < 4.78 is 12.4. The van der Waals surface area contributed by atoms with Gasteiger partial charge in [-0.15, -0.1) is 11.3 Å². The molecule has 35 heavy (non-hydrogen) atoms. The van der Waals surface area contributed by atoms with Crippen molar-refractivity contribution in [1.82, 2.24) is 9.13 Å². The van der Waals surface area contributed by atoms with Crippen LogP contribution in [0.15, 0.2) is 58.4 Å². The van der Waals surface area contributed by atoms with Gasteiger partial charge in [0.25, 0.3) is 11.1 Å². The molecule has 11 heteroatoms. The summed E-state index contributed by atoms with van der Waals surface area (Å²) in [6, 6.07) is 10.6. The SMILES string of the molecule is CCOC(=O)Cn1cccc(NCc2ccc(CNc3cccn(CC(=O)OCC)c3=O)s2)c1=O. The Labute approximate surface area is 206 Å². The third-order valence-corrected chi connectivity index (χ3v) is 5.96. The number of anilines is 2. The van der Waals surface area contributed by atoms with E-state index in [4.69, 9.17) is 9.47 Å². The lowest BCUT2D eigenvalue weighted by molar-refractivity contribution is -0.144. The Morgan fingerprint density at radius 2 is 1.20 bits per heavy atom. The number of aromatic nitrogens is 2. The number of nitrogens with zero attached hydrogens (tertiary/aromatic N) is 2. The second kappa shape index (κ2) is 12.6. The molecule has 0 spiro atoms. The lowest BCUT2D eigenvalue weighted by Crippen LogP contribution is -2.26. The molecule has 3 aromatic rings. The van der Waals surface area contributed by atoms with E-state index < -0.39 is 11.9 Å². The molecular formula is C24H28N4O6S. The number of carbonyl (C=O) groups is 2. The van der Waals surface area contributed by atoms with Crippen molar-refractivity contribution in [3.8, 4) is 0 Å². The summed E-state index contributed by atoms with van der Waals surface area (Å²) >= 11 is 1.54. The molecule has 0 amide bonds. The van der Waals surface area contributed by atoms with E-state index in [-0.39, 0.29) is 37.4 Å². The minimum atomic E-state index is -0.465. The molecule has 0 aliphatic carbocycles. The minimum absolute atomic E-state index is 0.141. The van der Waals surface area contributed by atoms with Crippen LogP contribution in [0.1, 0.15) is 23.6 Å². The highest BCUT2D eigenvalue weighted by Gasteiger charge is 2.10. The maximum Gasteiger partial charge on any atom is 0.326 e. The average molecular weight is 501 g/mol. The molecule has 186 valence electrons.